The third kappa shape index (κ3) is 2.45. The fourth-order valence-electron chi connectivity index (χ4n) is 2.48. The average Bonchev–Trinajstić information content (AvgIpc) is 3.01. The van der Waals surface area contributed by atoms with Gasteiger partial charge in [-0.3, -0.25) is 4.79 Å². The van der Waals surface area contributed by atoms with Crippen molar-refractivity contribution in [1.82, 2.24) is 24.9 Å². The molecule has 122 valence electrons. The van der Waals surface area contributed by atoms with Gasteiger partial charge in [-0.25, -0.2) is 9.50 Å². The van der Waals surface area contributed by atoms with Gasteiger partial charge in [0.15, 0.2) is 17.2 Å². The summed E-state index contributed by atoms with van der Waals surface area (Å²) in [6.07, 6.45) is 1.50. The van der Waals surface area contributed by atoms with E-state index < -0.39 is 0 Å². The van der Waals surface area contributed by atoms with Crippen LogP contribution in [0, 0.1) is 0 Å². The van der Waals surface area contributed by atoms with Gasteiger partial charge in [-0.15, -0.1) is 5.10 Å². The number of imidazole rings is 1. The zero-order valence-corrected chi connectivity index (χ0v) is 12.9. The molecule has 9 nitrogen and oxygen atoms in total. The van der Waals surface area contributed by atoms with Crippen LogP contribution in [0.4, 0.5) is 17.3 Å². The second kappa shape index (κ2) is 5.69. The number of nitrogens with one attached hydrogen (secondary N) is 3. The lowest BCUT2D eigenvalue weighted by atomic mass is 10.4. The molecule has 9 heteroatoms. The van der Waals surface area contributed by atoms with Crippen molar-refractivity contribution in [3.63, 3.8) is 0 Å². The Morgan fingerprint density at radius 2 is 2.25 bits per heavy atom. The van der Waals surface area contributed by atoms with Crippen LogP contribution in [0.5, 0.6) is 5.88 Å². The largest absolute Gasteiger partial charge is 0.476 e. The fraction of sp³-hybridized carbons (Fsp3) is 0.200. The predicted octanol–water partition coefficient (Wildman–Crippen LogP) is 1.03. The van der Waals surface area contributed by atoms with Crippen molar-refractivity contribution in [3.8, 4) is 5.88 Å². The molecule has 4 bridgehead atoms. The van der Waals surface area contributed by atoms with Gasteiger partial charge in [0.1, 0.15) is 12.4 Å². The van der Waals surface area contributed by atoms with Crippen LogP contribution < -0.4 is 20.7 Å². The van der Waals surface area contributed by atoms with E-state index in [1.807, 2.05) is 12.1 Å². The molecule has 1 aliphatic rings. The first-order valence-electron chi connectivity index (χ1n) is 7.46. The molecule has 0 fully saturated rings. The monoisotopic (exact) mass is 325 g/mol. The minimum absolute atomic E-state index is 0.267. The molecule has 4 rings (SSSR count). The van der Waals surface area contributed by atoms with Crippen LogP contribution in [0.2, 0.25) is 0 Å². The highest BCUT2D eigenvalue weighted by Crippen LogP contribution is 2.23. The van der Waals surface area contributed by atoms with E-state index in [2.05, 4.69) is 31.0 Å². The highest BCUT2D eigenvalue weighted by molar-refractivity contribution is 5.94. The van der Waals surface area contributed by atoms with Crippen molar-refractivity contribution in [2.24, 2.45) is 0 Å². The van der Waals surface area contributed by atoms with Crippen LogP contribution in [0.1, 0.15) is 10.5 Å². The number of rotatable bonds is 1. The maximum absolute atomic E-state index is 12.4. The Labute approximate surface area is 137 Å². The number of fused-ring (bicyclic) bond motifs is 3. The molecule has 4 heterocycles. The summed E-state index contributed by atoms with van der Waals surface area (Å²) < 4.78 is 7.05. The van der Waals surface area contributed by atoms with Gasteiger partial charge >= 0.3 is 0 Å². The lowest BCUT2D eigenvalue weighted by molar-refractivity contribution is 0.0939. The summed E-state index contributed by atoms with van der Waals surface area (Å²) in [4.78, 5) is 21.0. The van der Waals surface area contributed by atoms with E-state index in [9.17, 15) is 4.79 Å². The third-order valence-electron chi connectivity index (χ3n) is 3.59. The summed E-state index contributed by atoms with van der Waals surface area (Å²) >= 11 is 0. The molecule has 0 unspecified atom stereocenters. The van der Waals surface area contributed by atoms with E-state index in [1.165, 1.54) is 10.7 Å². The van der Waals surface area contributed by atoms with Gasteiger partial charge in [-0.1, -0.05) is 6.07 Å². The van der Waals surface area contributed by atoms with Crippen molar-refractivity contribution in [1.29, 1.82) is 0 Å². The zero-order valence-electron chi connectivity index (χ0n) is 12.9. The van der Waals surface area contributed by atoms with E-state index in [0.29, 0.717) is 42.0 Å². The molecule has 3 N–H and O–H groups in total. The van der Waals surface area contributed by atoms with Crippen molar-refractivity contribution in [3.05, 3.63) is 36.2 Å². The van der Waals surface area contributed by atoms with E-state index in [1.54, 1.807) is 19.2 Å². The SMILES string of the molecule is CNc1cc2nn3c(cnc13)C(=O)NCCOc1cccc(n1)N2. The summed E-state index contributed by atoms with van der Waals surface area (Å²) in [6, 6.07) is 7.22. The summed E-state index contributed by atoms with van der Waals surface area (Å²) in [5.41, 5.74) is 1.67. The molecule has 0 saturated carbocycles. The Hall–Kier alpha value is -3.36. The van der Waals surface area contributed by atoms with Gasteiger partial charge in [0.25, 0.3) is 5.91 Å². The first-order chi connectivity index (χ1) is 11.7. The first-order valence-corrected chi connectivity index (χ1v) is 7.46. The topological polar surface area (TPSA) is 105 Å². The smallest absolute Gasteiger partial charge is 0.271 e. The predicted molar refractivity (Wildman–Crippen MR) is 87.9 cm³/mol. The molecule has 0 spiro atoms. The standard InChI is InChI=1S/C15H15N7O2/c1-16-9-7-12-19-11-3-2-4-13(20-11)24-6-5-17-15(23)10-8-18-14(9)22(10)21-12/h2-4,7-8,16H,5-6H2,1H3,(H,17,23)(H,19,20,21). The number of hydrogen-bond donors (Lipinski definition) is 3. The van der Waals surface area contributed by atoms with E-state index in [0.717, 1.165) is 5.69 Å². The molecular weight excluding hydrogens is 310 g/mol. The Morgan fingerprint density at radius 3 is 3.12 bits per heavy atom. The number of carbonyl (C=O) groups excluding carboxylic acids is 1. The van der Waals surface area contributed by atoms with Crippen molar-refractivity contribution >= 4 is 28.9 Å². The number of ether oxygens (including phenoxy) is 1. The average molecular weight is 325 g/mol. The Kier molecular flexibility index (Phi) is 3.38. The van der Waals surface area contributed by atoms with Crippen molar-refractivity contribution < 1.29 is 9.53 Å². The van der Waals surface area contributed by atoms with Crippen molar-refractivity contribution in [2.75, 3.05) is 30.8 Å². The highest BCUT2D eigenvalue weighted by Gasteiger charge is 2.17. The Bertz CT molecular complexity index is 921. The molecule has 0 aliphatic carbocycles. The van der Waals surface area contributed by atoms with Gasteiger partial charge in [0.2, 0.25) is 5.88 Å². The lowest BCUT2D eigenvalue weighted by Gasteiger charge is -2.10. The maximum Gasteiger partial charge on any atom is 0.271 e. The minimum atomic E-state index is -0.267. The van der Waals surface area contributed by atoms with Crippen molar-refractivity contribution in [2.45, 2.75) is 0 Å². The lowest BCUT2D eigenvalue weighted by Crippen LogP contribution is -2.29. The molecule has 0 atom stereocenters. The van der Waals surface area contributed by atoms with Gasteiger partial charge in [-0.05, 0) is 6.07 Å². The number of hydrogen-bond acceptors (Lipinski definition) is 7. The van der Waals surface area contributed by atoms with Crippen LogP contribution in [0.25, 0.3) is 5.65 Å². The number of amides is 1. The van der Waals surface area contributed by atoms with Gasteiger partial charge in [-0.2, -0.15) is 4.98 Å². The third-order valence-corrected chi connectivity index (χ3v) is 3.59. The minimum Gasteiger partial charge on any atom is -0.476 e. The normalized spacial score (nSPS) is 14.0. The summed E-state index contributed by atoms with van der Waals surface area (Å²) in [6.45, 7) is 0.668. The second-order valence-electron chi connectivity index (χ2n) is 5.16. The fourth-order valence-corrected chi connectivity index (χ4v) is 2.48. The molecule has 3 aromatic rings. The molecule has 0 aromatic carbocycles. The number of pyridine rings is 1. The Balaban J connectivity index is 1.88. The van der Waals surface area contributed by atoms with E-state index in [-0.39, 0.29) is 5.91 Å². The molecule has 3 aromatic heterocycles. The Morgan fingerprint density at radius 1 is 1.33 bits per heavy atom. The van der Waals surface area contributed by atoms with Crippen LogP contribution in [0.3, 0.4) is 0 Å². The maximum atomic E-state index is 12.4. The summed E-state index contributed by atoms with van der Waals surface area (Å²) in [5.74, 6) is 1.34. The molecule has 0 radical (unpaired) electrons. The number of carbonyl (C=O) groups is 1. The van der Waals surface area contributed by atoms with E-state index in [4.69, 9.17) is 4.74 Å². The molecule has 24 heavy (non-hydrogen) atoms. The van der Waals surface area contributed by atoms with E-state index >= 15 is 0 Å². The molecule has 1 aliphatic heterocycles. The van der Waals surface area contributed by atoms with Crippen LogP contribution in [0.15, 0.2) is 30.5 Å². The van der Waals surface area contributed by atoms with Crippen LogP contribution in [-0.4, -0.2) is 45.7 Å². The molecule has 0 saturated heterocycles. The number of anilines is 3. The quantitative estimate of drug-likeness (QED) is 0.613. The van der Waals surface area contributed by atoms with Gasteiger partial charge in [0.05, 0.1) is 18.4 Å². The number of nitrogens with zero attached hydrogens (tertiary/aromatic N) is 4. The van der Waals surface area contributed by atoms with Gasteiger partial charge < -0.3 is 20.7 Å². The van der Waals surface area contributed by atoms with Gasteiger partial charge in [0, 0.05) is 19.2 Å². The molecular formula is C15H15N7O2. The highest BCUT2D eigenvalue weighted by atomic mass is 16.5. The zero-order chi connectivity index (χ0) is 16.5. The van der Waals surface area contributed by atoms with Crippen LogP contribution >= 0.6 is 0 Å². The van der Waals surface area contributed by atoms with Crippen LogP contribution in [-0.2, 0) is 0 Å². The summed E-state index contributed by atoms with van der Waals surface area (Å²) in [5, 5.41) is 13.4. The second-order valence-corrected chi connectivity index (χ2v) is 5.16. The number of aromatic nitrogens is 4. The summed E-state index contributed by atoms with van der Waals surface area (Å²) in [7, 11) is 1.79. The first kappa shape index (κ1) is 14.2. The molecule has 1 amide bonds.